The van der Waals surface area contributed by atoms with Crippen LogP contribution in [0.3, 0.4) is 0 Å². The summed E-state index contributed by atoms with van der Waals surface area (Å²) in [5.41, 5.74) is 0.174. The van der Waals surface area contributed by atoms with Crippen LogP contribution in [0.25, 0.3) is 0 Å². The van der Waals surface area contributed by atoms with E-state index >= 15 is 0 Å². The van der Waals surface area contributed by atoms with E-state index in [1.807, 2.05) is 0 Å². The summed E-state index contributed by atoms with van der Waals surface area (Å²) in [5.74, 6) is 1.26. The molecule has 1 amide bonds. The Bertz CT molecular complexity index is 407. The van der Waals surface area contributed by atoms with Crippen molar-refractivity contribution in [2.75, 3.05) is 6.54 Å². The zero-order valence-electron chi connectivity index (χ0n) is 13.4. The lowest BCUT2D eigenvalue weighted by atomic mass is 9.86. The van der Waals surface area contributed by atoms with Crippen molar-refractivity contribution in [1.82, 2.24) is 5.32 Å². The molecule has 21 heavy (non-hydrogen) atoms. The summed E-state index contributed by atoms with van der Waals surface area (Å²) in [4.78, 5) is 11.9. The normalized spacial score (nSPS) is 21.7. The van der Waals surface area contributed by atoms with Gasteiger partial charge in [-0.3, -0.25) is 4.79 Å². The van der Waals surface area contributed by atoms with Crippen molar-refractivity contribution in [2.45, 2.75) is 71.6 Å². The number of hydrogen-bond donors (Lipinski definition) is 1. The molecular formula is C17H27F2NO. The van der Waals surface area contributed by atoms with Crippen molar-refractivity contribution in [1.29, 1.82) is 0 Å². The summed E-state index contributed by atoms with van der Waals surface area (Å²) in [6.45, 7) is 6.94. The Hall–Kier alpha value is -1.11. The van der Waals surface area contributed by atoms with Gasteiger partial charge in [0.05, 0.1) is 6.42 Å². The standard InChI is InChI=1S/C17H27F2NO/c1-4-16(2,3)11-12-20-15(21)13-14-9-7-5-6-8-10-17(14,18)19/h14H,4-5,7,9-13H2,1-3H3,(H,20,21). The number of carbonyl (C=O) groups is 1. The number of amides is 1. The van der Waals surface area contributed by atoms with Gasteiger partial charge in [0.15, 0.2) is 0 Å². The number of nitrogens with one attached hydrogen (secondary N) is 1. The van der Waals surface area contributed by atoms with Gasteiger partial charge in [-0.05, 0) is 24.7 Å². The fourth-order valence-corrected chi connectivity index (χ4v) is 2.33. The highest BCUT2D eigenvalue weighted by molar-refractivity contribution is 5.76. The lowest BCUT2D eigenvalue weighted by molar-refractivity contribution is -0.127. The highest BCUT2D eigenvalue weighted by Gasteiger charge is 2.39. The van der Waals surface area contributed by atoms with Gasteiger partial charge >= 0.3 is 0 Å². The lowest BCUT2D eigenvalue weighted by Crippen LogP contribution is -2.35. The van der Waals surface area contributed by atoms with Crippen molar-refractivity contribution in [2.24, 2.45) is 11.3 Å². The van der Waals surface area contributed by atoms with E-state index in [-0.39, 0.29) is 17.7 Å². The molecule has 0 aromatic carbocycles. The number of hydrogen-bond acceptors (Lipinski definition) is 1. The first-order valence-electron chi connectivity index (χ1n) is 7.87. The molecule has 0 spiro atoms. The van der Waals surface area contributed by atoms with Gasteiger partial charge in [-0.2, -0.15) is 0 Å². The van der Waals surface area contributed by atoms with Crippen LogP contribution in [0.4, 0.5) is 8.78 Å². The molecule has 2 nitrogen and oxygen atoms in total. The third-order valence-corrected chi connectivity index (χ3v) is 4.41. The molecule has 0 aliphatic heterocycles. The molecule has 1 aliphatic rings. The molecule has 1 rings (SSSR count). The Morgan fingerprint density at radius 2 is 2.10 bits per heavy atom. The summed E-state index contributed by atoms with van der Waals surface area (Å²) in [5, 5.41) is 2.79. The van der Waals surface area contributed by atoms with Crippen LogP contribution < -0.4 is 5.32 Å². The van der Waals surface area contributed by atoms with E-state index in [1.165, 1.54) is 0 Å². The molecule has 0 aromatic rings. The molecule has 1 aliphatic carbocycles. The number of carbonyl (C=O) groups excluding carboxylic acids is 1. The molecular weight excluding hydrogens is 272 g/mol. The van der Waals surface area contributed by atoms with E-state index in [2.05, 4.69) is 37.9 Å². The van der Waals surface area contributed by atoms with Crippen molar-refractivity contribution in [3.8, 4) is 11.8 Å². The molecule has 4 heteroatoms. The van der Waals surface area contributed by atoms with E-state index in [9.17, 15) is 13.6 Å². The van der Waals surface area contributed by atoms with Crippen LogP contribution in [0, 0.1) is 23.2 Å². The van der Waals surface area contributed by atoms with E-state index in [0.29, 0.717) is 25.8 Å². The second-order valence-electron chi connectivity index (χ2n) is 6.70. The zero-order valence-corrected chi connectivity index (χ0v) is 13.4. The van der Waals surface area contributed by atoms with Crippen LogP contribution in [0.2, 0.25) is 0 Å². The second kappa shape index (κ2) is 7.77. The number of halogens is 2. The first-order valence-corrected chi connectivity index (χ1v) is 7.87. The summed E-state index contributed by atoms with van der Waals surface area (Å²) in [7, 11) is 0. The molecule has 0 saturated heterocycles. The summed E-state index contributed by atoms with van der Waals surface area (Å²) >= 11 is 0. The van der Waals surface area contributed by atoms with Gasteiger partial charge in [-0.25, -0.2) is 8.78 Å². The van der Waals surface area contributed by atoms with Crippen molar-refractivity contribution in [3.05, 3.63) is 0 Å². The molecule has 1 atom stereocenters. The molecule has 0 radical (unpaired) electrons. The van der Waals surface area contributed by atoms with Crippen LogP contribution in [0.5, 0.6) is 0 Å². The first kappa shape index (κ1) is 17.9. The Morgan fingerprint density at radius 3 is 2.76 bits per heavy atom. The molecule has 0 fully saturated rings. The van der Waals surface area contributed by atoms with Crippen LogP contribution in [0.15, 0.2) is 0 Å². The maximum atomic E-state index is 14.0. The largest absolute Gasteiger partial charge is 0.356 e. The van der Waals surface area contributed by atoms with Crippen molar-refractivity contribution < 1.29 is 13.6 Å². The molecule has 1 unspecified atom stereocenters. The molecule has 120 valence electrons. The summed E-state index contributed by atoms with van der Waals surface area (Å²) < 4.78 is 27.9. The fraction of sp³-hybridized carbons (Fsp3) is 0.824. The SMILES string of the molecule is CCC(C)(C)CCNC(=O)CC1CCCC#CCC1(F)F. The minimum atomic E-state index is -2.85. The highest BCUT2D eigenvalue weighted by Crippen LogP contribution is 2.35. The van der Waals surface area contributed by atoms with Crippen LogP contribution >= 0.6 is 0 Å². The van der Waals surface area contributed by atoms with Gasteiger partial charge < -0.3 is 5.32 Å². The minimum Gasteiger partial charge on any atom is -0.356 e. The molecule has 0 heterocycles. The van der Waals surface area contributed by atoms with Gasteiger partial charge in [0.2, 0.25) is 5.91 Å². The van der Waals surface area contributed by atoms with Crippen molar-refractivity contribution >= 4 is 5.91 Å². The van der Waals surface area contributed by atoms with Crippen LogP contribution in [0.1, 0.15) is 65.7 Å². The van der Waals surface area contributed by atoms with E-state index in [0.717, 1.165) is 12.8 Å². The van der Waals surface area contributed by atoms with E-state index in [4.69, 9.17) is 0 Å². The van der Waals surface area contributed by atoms with E-state index in [1.54, 1.807) is 0 Å². The Labute approximate surface area is 127 Å². The molecule has 1 N–H and O–H groups in total. The topological polar surface area (TPSA) is 29.1 Å². The summed E-state index contributed by atoms with van der Waals surface area (Å²) in [6.07, 6.45) is 3.04. The predicted molar refractivity (Wildman–Crippen MR) is 81.0 cm³/mol. The Balaban J connectivity index is 2.44. The maximum absolute atomic E-state index is 14.0. The van der Waals surface area contributed by atoms with Gasteiger partial charge in [-0.15, -0.1) is 5.92 Å². The van der Waals surface area contributed by atoms with Crippen LogP contribution in [-0.2, 0) is 4.79 Å². The second-order valence-corrected chi connectivity index (χ2v) is 6.70. The van der Waals surface area contributed by atoms with Crippen LogP contribution in [-0.4, -0.2) is 18.4 Å². The average Bonchev–Trinajstić information content (AvgIpc) is 2.39. The molecule has 0 saturated carbocycles. The first-order chi connectivity index (χ1) is 9.77. The smallest absolute Gasteiger partial charge is 0.262 e. The zero-order chi connectivity index (χ0) is 15.9. The molecule has 0 bridgehead atoms. The Morgan fingerprint density at radius 1 is 1.38 bits per heavy atom. The highest BCUT2D eigenvalue weighted by atomic mass is 19.3. The third kappa shape index (κ3) is 6.46. The predicted octanol–water partition coefficient (Wildman–Crippen LogP) is 4.15. The lowest BCUT2D eigenvalue weighted by Gasteiger charge is -2.26. The van der Waals surface area contributed by atoms with Gasteiger partial charge in [0.25, 0.3) is 5.92 Å². The maximum Gasteiger partial charge on any atom is 0.262 e. The van der Waals surface area contributed by atoms with E-state index < -0.39 is 18.3 Å². The third-order valence-electron chi connectivity index (χ3n) is 4.41. The van der Waals surface area contributed by atoms with Gasteiger partial charge in [-0.1, -0.05) is 33.1 Å². The molecule has 0 aromatic heterocycles. The monoisotopic (exact) mass is 299 g/mol. The minimum absolute atomic E-state index is 0.0960. The quantitative estimate of drug-likeness (QED) is 0.734. The van der Waals surface area contributed by atoms with Gasteiger partial charge in [0, 0.05) is 25.3 Å². The van der Waals surface area contributed by atoms with Gasteiger partial charge in [0.1, 0.15) is 0 Å². The Kier molecular flexibility index (Phi) is 6.64. The number of alkyl halides is 2. The summed E-state index contributed by atoms with van der Waals surface area (Å²) in [6, 6.07) is 0. The van der Waals surface area contributed by atoms with Crippen molar-refractivity contribution in [3.63, 3.8) is 0 Å². The average molecular weight is 299 g/mol. The fourth-order valence-electron chi connectivity index (χ4n) is 2.33. The number of rotatable bonds is 6.